The first-order valence-electron chi connectivity index (χ1n) is 7.70. The second-order valence-corrected chi connectivity index (χ2v) is 5.18. The van der Waals surface area contributed by atoms with E-state index in [1.54, 1.807) is 6.08 Å². The summed E-state index contributed by atoms with van der Waals surface area (Å²) in [6.07, 6.45) is 17.7. The lowest BCUT2D eigenvalue weighted by atomic mass is 10.1. The van der Waals surface area contributed by atoms with Gasteiger partial charge in [0.25, 0.3) is 0 Å². The molecule has 0 aliphatic heterocycles. The van der Waals surface area contributed by atoms with E-state index < -0.39 is 0 Å². The van der Waals surface area contributed by atoms with Gasteiger partial charge in [-0.3, -0.25) is 0 Å². The molecular formula is C17H30O2. The molecule has 0 saturated heterocycles. The molecular weight excluding hydrogens is 236 g/mol. The average molecular weight is 266 g/mol. The molecule has 0 spiro atoms. The molecule has 0 aromatic rings. The van der Waals surface area contributed by atoms with Crippen LogP contribution in [0, 0.1) is 0 Å². The van der Waals surface area contributed by atoms with E-state index in [9.17, 15) is 4.79 Å². The monoisotopic (exact) mass is 266 g/mol. The predicted octanol–water partition coefficient (Wildman–Crippen LogP) is 5.19. The Balaban J connectivity index is 3.38. The van der Waals surface area contributed by atoms with E-state index in [1.165, 1.54) is 51.0 Å². The van der Waals surface area contributed by atoms with Crippen molar-refractivity contribution in [1.82, 2.24) is 0 Å². The zero-order chi connectivity index (χ0) is 14.3. The number of esters is 1. The van der Waals surface area contributed by atoms with Gasteiger partial charge in [0.2, 0.25) is 0 Å². The van der Waals surface area contributed by atoms with E-state index in [-0.39, 0.29) is 12.1 Å². The third-order valence-electron chi connectivity index (χ3n) is 2.81. The Bertz CT molecular complexity index is 264. The van der Waals surface area contributed by atoms with Crippen LogP contribution in [0.1, 0.15) is 72.1 Å². The molecule has 0 aliphatic carbocycles. The average Bonchev–Trinajstić information content (AvgIpc) is 2.35. The number of hydrogen-bond donors (Lipinski definition) is 0. The summed E-state index contributed by atoms with van der Waals surface area (Å²) in [6.45, 7) is 5.94. The lowest BCUT2D eigenvalue weighted by Crippen LogP contribution is -2.08. The van der Waals surface area contributed by atoms with Crippen molar-refractivity contribution in [2.24, 2.45) is 0 Å². The van der Waals surface area contributed by atoms with Crippen molar-refractivity contribution in [2.45, 2.75) is 78.2 Å². The zero-order valence-corrected chi connectivity index (χ0v) is 12.9. The van der Waals surface area contributed by atoms with Gasteiger partial charge in [0.15, 0.2) is 0 Å². The normalized spacial score (nSPS) is 11.8. The summed E-state index contributed by atoms with van der Waals surface area (Å²) >= 11 is 0. The maximum Gasteiger partial charge on any atom is 0.330 e. The van der Waals surface area contributed by atoms with E-state index in [2.05, 4.69) is 13.0 Å². The molecule has 0 unspecified atom stereocenters. The summed E-state index contributed by atoms with van der Waals surface area (Å²) in [4.78, 5) is 11.2. The summed E-state index contributed by atoms with van der Waals surface area (Å²) < 4.78 is 4.98. The number of hydrogen-bond acceptors (Lipinski definition) is 2. The SMILES string of the molecule is CCCCCCCCCC=CC=CC(=O)OC(C)C. The highest BCUT2D eigenvalue weighted by atomic mass is 16.5. The van der Waals surface area contributed by atoms with Crippen molar-refractivity contribution >= 4 is 5.97 Å². The number of carbonyl (C=O) groups is 1. The third-order valence-corrected chi connectivity index (χ3v) is 2.81. The van der Waals surface area contributed by atoms with Crippen molar-refractivity contribution in [3.05, 3.63) is 24.3 Å². The van der Waals surface area contributed by atoms with Crippen LogP contribution in [0.4, 0.5) is 0 Å². The van der Waals surface area contributed by atoms with Crippen LogP contribution in [-0.4, -0.2) is 12.1 Å². The van der Waals surface area contributed by atoms with Crippen LogP contribution in [0.25, 0.3) is 0 Å². The fourth-order valence-electron chi connectivity index (χ4n) is 1.80. The molecule has 2 nitrogen and oxygen atoms in total. The number of carbonyl (C=O) groups excluding carboxylic acids is 1. The molecule has 0 aromatic carbocycles. The molecule has 0 fully saturated rings. The quantitative estimate of drug-likeness (QED) is 0.222. The molecule has 0 radical (unpaired) electrons. The molecule has 0 aromatic heterocycles. The van der Waals surface area contributed by atoms with Crippen molar-refractivity contribution in [3.63, 3.8) is 0 Å². The Morgan fingerprint density at radius 3 is 2.26 bits per heavy atom. The smallest absolute Gasteiger partial charge is 0.330 e. The molecule has 0 rings (SSSR count). The van der Waals surface area contributed by atoms with Gasteiger partial charge in [-0.05, 0) is 26.7 Å². The molecule has 110 valence electrons. The molecule has 19 heavy (non-hydrogen) atoms. The predicted molar refractivity (Wildman–Crippen MR) is 82.1 cm³/mol. The number of allylic oxidation sites excluding steroid dienone is 3. The Morgan fingerprint density at radius 2 is 1.63 bits per heavy atom. The molecule has 0 saturated carbocycles. The van der Waals surface area contributed by atoms with Gasteiger partial charge >= 0.3 is 5.97 Å². The van der Waals surface area contributed by atoms with Gasteiger partial charge in [0.05, 0.1) is 6.10 Å². The summed E-state index contributed by atoms with van der Waals surface area (Å²) in [5.41, 5.74) is 0. The highest BCUT2D eigenvalue weighted by Gasteiger charge is 1.97. The first-order chi connectivity index (χ1) is 9.16. The van der Waals surface area contributed by atoms with E-state index in [0.29, 0.717) is 0 Å². The van der Waals surface area contributed by atoms with Gasteiger partial charge in [-0.25, -0.2) is 4.79 Å². The number of unbranched alkanes of at least 4 members (excludes halogenated alkanes) is 7. The number of rotatable bonds is 11. The largest absolute Gasteiger partial charge is 0.460 e. The molecule has 0 aliphatic rings. The summed E-state index contributed by atoms with van der Waals surface area (Å²) in [5.74, 6) is -0.268. The first-order valence-corrected chi connectivity index (χ1v) is 7.70. The molecule has 0 heterocycles. The van der Waals surface area contributed by atoms with Crippen LogP contribution >= 0.6 is 0 Å². The Labute approximate surface area is 118 Å². The van der Waals surface area contributed by atoms with Crippen LogP contribution in [-0.2, 0) is 9.53 Å². The van der Waals surface area contributed by atoms with Crippen molar-refractivity contribution in [3.8, 4) is 0 Å². The third kappa shape index (κ3) is 14.9. The van der Waals surface area contributed by atoms with E-state index in [4.69, 9.17) is 4.74 Å². The van der Waals surface area contributed by atoms with Gasteiger partial charge in [0, 0.05) is 6.08 Å². The van der Waals surface area contributed by atoms with Crippen molar-refractivity contribution in [1.29, 1.82) is 0 Å². The van der Waals surface area contributed by atoms with Crippen LogP contribution in [0.2, 0.25) is 0 Å². The van der Waals surface area contributed by atoms with E-state index in [0.717, 1.165) is 6.42 Å². The highest BCUT2D eigenvalue weighted by molar-refractivity contribution is 5.82. The Morgan fingerprint density at radius 1 is 1.00 bits per heavy atom. The van der Waals surface area contributed by atoms with Crippen LogP contribution in [0.5, 0.6) is 0 Å². The topological polar surface area (TPSA) is 26.3 Å². The van der Waals surface area contributed by atoms with Crippen LogP contribution in [0.15, 0.2) is 24.3 Å². The zero-order valence-electron chi connectivity index (χ0n) is 12.9. The number of ether oxygens (including phenoxy) is 1. The van der Waals surface area contributed by atoms with Crippen molar-refractivity contribution in [2.75, 3.05) is 0 Å². The molecule has 0 N–H and O–H groups in total. The summed E-state index contributed by atoms with van der Waals surface area (Å²) in [5, 5.41) is 0. The second-order valence-electron chi connectivity index (χ2n) is 5.18. The fourth-order valence-corrected chi connectivity index (χ4v) is 1.80. The lowest BCUT2D eigenvalue weighted by Gasteiger charge is -2.03. The minimum absolute atomic E-state index is 0.0474. The molecule has 0 amide bonds. The molecule has 0 bridgehead atoms. The standard InChI is InChI=1S/C17H30O2/c1-4-5-6-7-8-9-10-11-12-13-14-15-17(18)19-16(2)3/h12-16H,4-11H2,1-3H3. The summed E-state index contributed by atoms with van der Waals surface area (Å²) in [6, 6.07) is 0. The summed E-state index contributed by atoms with van der Waals surface area (Å²) in [7, 11) is 0. The fraction of sp³-hybridized carbons (Fsp3) is 0.706. The van der Waals surface area contributed by atoms with Gasteiger partial charge in [-0.1, -0.05) is 63.7 Å². The van der Waals surface area contributed by atoms with Crippen LogP contribution < -0.4 is 0 Å². The van der Waals surface area contributed by atoms with Gasteiger partial charge in [0.1, 0.15) is 0 Å². The maximum atomic E-state index is 11.2. The van der Waals surface area contributed by atoms with E-state index >= 15 is 0 Å². The minimum atomic E-state index is -0.268. The molecule has 2 heteroatoms. The Hall–Kier alpha value is -1.05. The van der Waals surface area contributed by atoms with Gasteiger partial charge < -0.3 is 4.74 Å². The lowest BCUT2D eigenvalue weighted by molar-refractivity contribution is -0.141. The van der Waals surface area contributed by atoms with Crippen molar-refractivity contribution < 1.29 is 9.53 Å². The Kier molecular flexibility index (Phi) is 12.6. The first kappa shape index (κ1) is 17.9. The minimum Gasteiger partial charge on any atom is -0.460 e. The highest BCUT2D eigenvalue weighted by Crippen LogP contribution is 2.08. The van der Waals surface area contributed by atoms with E-state index in [1.807, 2.05) is 19.9 Å². The van der Waals surface area contributed by atoms with Gasteiger partial charge in [-0.15, -0.1) is 0 Å². The van der Waals surface area contributed by atoms with Gasteiger partial charge in [-0.2, -0.15) is 0 Å². The van der Waals surface area contributed by atoms with Crippen LogP contribution in [0.3, 0.4) is 0 Å². The molecule has 0 atom stereocenters. The second kappa shape index (κ2) is 13.4. The maximum absolute atomic E-state index is 11.2.